The fourth-order valence-corrected chi connectivity index (χ4v) is 9.85. The first kappa shape index (κ1) is 46.8. The zero-order chi connectivity index (χ0) is 45.1. The van der Waals surface area contributed by atoms with Crippen molar-refractivity contribution >= 4 is 148 Å². The van der Waals surface area contributed by atoms with Crippen LogP contribution in [-0.4, -0.2) is 0 Å². The third-order valence-corrected chi connectivity index (χ3v) is 14.5. The van der Waals surface area contributed by atoms with E-state index in [1.54, 1.807) is 20.6 Å². The molecule has 0 amide bonds. The minimum atomic E-state index is -0.514. The quantitative estimate of drug-likeness (QED) is 0.0760. The maximum Gasteiger partial charge on any atom is 2.00 e. The summed E-state index contributed by atoms with van der Waals surface area (Å²) in [4.78, 5) is 8.27. The molecule has 65 heavy (non-hydrogen) atoms. The number of benzene rings is 6. The third-order valence-electron chi connectivity index (χ3n) is 10.9. The summed E-state index contributed by atoms with van der Waals surface area (Å²) in [5, 5.41) is 30.2. The van der Waals surface area contributed by atoms with Gasteiger partial charge in [-0.15, -0.1) is 11.4 Å². The van der Waals surface area contributed by atoms with Gasteiger partial charge in [-0.3, -0.25) is 0 Å². The Morgan fingerprint density at radius 3 is 1.09 bits per heavy atom. The van der Waals surface area contributed by atoms with Crippen molar-refractivity contribution in [2.24, 2.45) is 0 Å². The summed E-state index contributed by atoms with van der Waals surface area (Å²) in [7, 11) is 0. The van der Waals surface area contributed by atoms with Gasteiger partial charge in [0.05, 0.1) is 51.0 Å². The summed E-state index contributed by atoms with van der Waals surface area (Å²) in [6, 6.07) is 40.2. The van der Waals surface area contributed by atoms with Crippen LogP contribution in [0.1, 0.15) is 11.4 Å². The zero-order valence-corrected chi connectivity index (χ0v) is 42.5. The zero-order valence-electron chi connectivity index (χ0n) is 33.5. The van der Waals surface area contributed by atoms with Crippen LogP contribution < -0.4 is 39.4 Å². The molecule has 0 fully saturated rings. The molecule has 6 aromatic carbocycles. The summed E-state index contributed by atoms with van der Waals surface area (Å²) >= 11 is 50.0. The van der Waals surface area contributed by atoms with E-state index >= 15 is 0 Å². The van der Waals surface area contributed by atoms with Crippen molar-refractivity contribution in [3.05, 3.63) is 197 Å². The Labute approximate surface area is 423 Å². The van der Waals surface area contributed by atoms with Gasteiger partial charge in [0.15, 0.2) is 0 Å². The van der Waals surface area contributed by atoms with Gasteiger partial charge in [-0.25, -0.2) is 11.8 Å². The van der Waals surface area contributed by atoms with Crippen LogP contribution in [0.15, 0.2) is 121 Å². The van der Waals surface area contributed by atoms with Crippen LogP contribution in [0.2, 0.25) is 40.2 Å². The van der Waals surface area contributed by atoms with Gasteiger partial charge in [-0.2, -0.15) is 8.49 Å². The molecule has 0 aliphatic heterocycles. The molecule has 0 radical (unpaired) electrons. The molecule has 10 aromatic rings. The van der Waals surface area contributed by atoms with Gasteiger partial charge in [-0.05, 0) is 68.1 Å². The van der Waals surface area contributed by atoms with E-state index in [0.29, 0.717) is 22.2 Å². The van der Waals surface area contributed by atoms with Crippen molar-refractivity contribution in [3.8, 4) is 34.0 Å². The van der Waals surface area contributed by atoms with Gasteiger partial charge in [-0.1, -0.05) is 178 Å². The van der Waals surface area contributed by atoms with Crippen LogP contribution in [-0.2, 0) is 19.5 Å². The molecule has 0 atom stereocenters. The number of rotatable bonds is 4. The molecule has 316 valence electrons. The number of halogens is 8. The average Bonchev–Trinajstić information content (AvgIpc) is 3.83. The SMILES string of the molecule is C=[n+]1/c(=C\c2[n-]c([O-])c3c(Cl)c(Cl)c(Cl)c(Cl)c23)ccc2c(-c3ccccc3)cccc21.C=[n+]1/c(=C\c2[n-]c([O-])c3c(Cl)c(Cl)c(Cl)c(Cl)c23)ccc2c(-c3ccccc3)cccc21.[Zn+2]. The van der Waals surface area contributed by atoms with Crippen molar-refractivity contribution in [2.75, 3.05) is 0 Å². The van der Waals surface area contributed by atoms with E-state index in [4.69, 9.17) is 92.8 Å². The van der Waals surface area contributed by atoms with Crippen molar-refractivity contribution < 1.29 is 38.2 Å². The van der Waals surface area contributed by atoms with Crippen LogP contribution in [0.25, 0.3) is 77.8 Å². The van der Waals surface area contributed by atoms with Gasteiger partial charge < -0.3 is 20.2 Å². The maximum absolute atomic E-state index is 12.5. The van der Waals surface area contributed by atoms with Crippen molar-refractivity contribution in [1.82, 2.24) is 9.97 Å². The fraction of sp³-hybridized carbons (Fsp3) is 0. The first-order chi connectivity index (χ1) is 30.8. The second-order valence-corrected chi connectivity index (χ2v) is 17.5. The molecular formula is C50H26Cl8N4O2Zn. The monoisotopic (exact) mass is 1060 g/mol. The van der Waals surface area contributed by atoms with Crippen molar-refractivity contribution in [3.63, 3.8) is 0 Å². The second-order valence-electron chi connectivity index (χ2n) is 14.5. The minimum absolute atomic E-state index is 0. The van der Waals surface area contributed by atoms with E-state index in [1.807, 2.05) is 84.9 Å². The van der Waals surface area contributed by atoms with Crippen LogP contribution >= 0.6 is 92.8 Å². The molecule has 4 heterocycles. The van der Waals surface area contributed by atoms with Crippen LogP contribution in [0.4, 0.5) is 0 Å². The minimum Gasteiger partial charge on any atom is -0.889 e. The molecule has 0 aliphatic carbocycles. The first-order valence-corrected chi connectivity index (χ1v) is 22.2. The summed E-state index contributed by atoms with van der Waals surface area (Å²) < 4.78 is 3.58. The molecular weight excluding hydrogens is 1040 g/mol. The largest absolute Gasteiger partial charge is 2.00 e. The third kappa shape index (κ3) is 8.27. The Kier molecular flexibility index (Phi) is 13.6. The molecule has 0 aliphatic rings. The smallest absolute Gasteiger partial charge is 0.889 e. The van der Waals surface area contributed by atoms with Gasteiger partial charge in [0, 0.05) is 24.3 Å². The predicted octanol–water partition coefficient (Wildman–Crippen LogP) is 12.1. The Bertz CT molecular complexity index is 3540. The van der Waals surface area contributed by atoms with Gasteiger partial charge in [0.25, 0.3) is 0 Å². The predicted molar refractivity (Wildman–Crippen MR) is 261 cm³/mol. The molecule has 0 bridgehead atoms. The Morgan fingerprint density at radius 2 is 0.738 bits per heavy atom. The summed E-state index contributed by atoms with van der Waals surface area (Å²) in [6.07, 6.45) is 3.47. The van der Waals surface area contributed by atoms with E-state index in [9.17, 15) is 10.2 Å². The molecule has 4 aromatic heterocycles. The Hall–Kier alpha value is -4.76. The van der Waals surface area contributed by atoms with Gasteiger partial charge in [0.1, 0.15) is 13.4 Å². The van der Waals surface area contributed by atoms with E-state index in [-0.39, 0.29) is 70.4 Å². The molecule has 0 unspecified atom stereocenters. The van der Waals surface area contributed by atoms with Crippen LogP contribution in [0, 0.1) is 13.4 Å². The van der Waals surface area contributed by atoms with Crippen LogP contribution in [0.5, 0.6) is 11.8 Å². The number of aromatic nitrogens is 4. The molecule has 6 nitrogen and oxygen atoms in total. The molecule has 10 rings (SSSR count). The number of nitrogens with zero attached hydrogens (tertiary/aromatic N) is 4. The van der Waals surface area contributed by atoms with E-state index in [1.165, 1.54) is 0 Å². The summed E-state index contributed by atoms with van der Waals surface area (Å²) in [5.74, 6) is -1.03. The molecule has 0 saturated carbocycles. The fourth-order valence-electron chi connectivity index (χ4n) is 7.79. The molecule has 0 N–H and O–H groups in total. The Balaban J connectivity index is 0.000000175. The Morgan fingerprint density at radius 1 is 0.400 bits per heavy atom. The average molecular weight is 1060 g/mol. The van der Waals surface area contributed by atoms with E-state index in [2.05, 4.69) is 59.8 Å². The number of hydrogen-bond donors (Lipinski definition) is 0. The summed E-state index contributed by atoms with van der Waals surface area (Å²) in [6.45, 7) is 8.42. The number of fused-ring (bicyclic) bond motifs is 4. The first-order valence-electron chi connectivity index (χ1n) is 19.1. The number of pyridine rings is 2. The summed E-state index contributed by atoms with van der Waals surface area (Å²) in [5.41, 5.74) is 6.97. The molecule has 0 saturated heterocycles. The van der Waals surface area contributed by atoms with Gasteiger partial charge in [0.2, 0.25) is 21.7 Å². The molecule has 15 heteroatoms. The topological polar surface area (TPSA) is 86.1 Å². The molecule has 0 spiro atoms. The number of hydrogen-bond acceptors (Lipinski definition) is 2. The van der Waals surface area contributed by atoms with E-state index < -0.39 is 11.8 Å². The van der Waals surface area contributed by atoms with Crippen LogP contribution in [0.3, 0.4) is 0 Å². The second kappa shape index (κ2) is 18.9. The van der Waals surface area contributed by atoms with Crippen molar-refractivity contribution in [2.45, 2.75) is 0 Å². The van der Waals surface area contributed by atoms with E-state index in [0.717, 1.165) is 54.8 Å². The normalized spacial score (nSPS) is 12.0. The maximum atomic E-state index is 12.5. The standard InChI is InChI=1S/2C25H14Cl4N2O.Zn/c2*1-31-14(10-11-16-15(8-5-9-18(16)31)13-6-3-2-4-7-13)12-17-19-20(25(32)30-17)22(27)24(29)23(28)21(19)26;/h2*2-12,32H,1H2;/q;;+2/p-2/b2*14-12-;. The van der Waals surface area contributed by atoms with Crippen molar-refractivity contribution in [1.29, 1.82) is 0 Å². The van der Waals surface area contributed by atoms with Gasteiger partial charge >= 0.3 is 19.5 Å².